The molecule has 140 valence electrons. The van der Waals surface area contributed by atoms with Crippen LogP contribution in [-0.4, -0.2) is 31.8 Å². The van der Waals surface area contributed by atoms with E-state index < -0.39 is 0 Å². The maximum absolute atomic E-state index is 12.5. The van der Waals surface area contributed by atoms with Gasteiger partial charge in [0, 0.05) is 18.7 Å². The first-order valence-electron chi connectivity index (χ1n) is 9.39. The number of carbonyl (C=O) groups excluding carboxylic acids is 1. The first-order valence-corrected chi connectivity index (χ1v) is 9.39. The van der Waals surface area contributed by atoms with Crippen molar-refractivity contribution in [3.05, 3.63) is 47.5 Å². The highest BCUT2D eigenvalue weighted by Crippen LogP contribution is 2.30. The van der Waals surface area contributed by atoms with Crippen molar-refractivity contribution in [1.82, 2.24) is 5.32 Å². The first kappa shape index (κ1) is 18.9. The van der Waals surface area contributed by atoms with Crippen LogP contribution >= 0.6 is 0 Å². The van der Waals surface area contributed by atoms with Crippen LogP contribution in [-0.2, 0) is 9.53 Å². The summed E-state index contributed by atoms with van der Waals surface area (Å²) in [6.07, 6.45) is 4.48. The zero-order valence-electron chi connectivity index (χ0n) is 15.5. The van der Waals surface area contributed by atoms with Gasteiger partial charge in [-0.25, -0.2) is 0 Å². The normalized spacial score (nSPS) is 16.9. The van der Waals surface area contributed by atoms with Gasteiger partial charge in [0.25, 0.3) is 5.91 Å². The van der Waals surface area contributed by atoms with Gasteiger partial charge in [0.2, 0.25) is 0 Å². The summed E-state index contributed by atoms with van der Waals surface area (Å²) in [4.78, 5) is 12.5. The smallest absolute Gasteiger partial charge is 0.262 e. The molecule has 5 nitrogen and oxygen atoms in total. The number of hydrogen-bond donors (Lipinski definition) is 1. The minimum Gasteiger partial charge on any atom is -0.493 e. The van der Waals surface area contributed by atoms with Crippen LogP contribution < -0.4 is 10.1 Å². The van der Waals surface area contributed by atoms with Crippen molar-refractivity contribution in [2.45, 2.75) is 32.3 Å². The Morgan fingerprint density at radius 3 is 2.96 bits per heavy atom. The van der Waals surface area contributed by atoms with Crippen LogP contribution in [0, 0.1) is 11.3 Å². The number of fused-ring (bicyclic) bond motifs is 1. The summed E-state index contributed by atoms with van der Waals surface area (Å²) in [7, 11) is 0. The molecule has 0 aromatic heterocycles. The van der Waals surface area contributed by atoms with Gasteiger partial charge in [-0.3, -0.25) is 4.79 Å². The second-order valence-electron chi connectivity index (χ2n) is 6.56. The van der Waals surface area contributed by atoms with Crippen molar-refractivity contribution >= 4 is 22.8 Å². The van der Waals surface area contributed by atoms with Crippen LogP contribution in [0.3, 0.4) is 0 Å². The Hall–Kier alpha value is -2.84. The molecule has 0 bridgehead atoms. The van der Waals surface area contributed by atoms with Crippen LogP contribution in [0.15, 0.2) is 42.0 Å². The van der Waals surface area contributed by atoms with E-state index >= 15 is 0 Å². The van der Waals surface area contributed by atoms with E-state index in [2.05, 4.69) is 5.32 Å². The fraction of sp³-hybridized carbons (Fsp3) is 0.364. The zero-order valence-corrected chi connectivity index (χ0v) is 15.5. The van der Waals surface area contributed by atoms with E-state index in [0.717, 1.165) is 42.2 Å². The molecular weight excluding hydrogens is 340 g/mol. The number of nitrogens with zero attached hydrogens (tertiary/aromatic N) is 1. The molecule has 2 aromatic carbocycles. The molecule has 3 rings (SSSR count). The highest BCUT2D eigenvalue weighted by atomic mass is 16.5. The molecule has 0 saturated carbocycles. The standard InChI is InChI=1S/C22H24N2O3/c1-2-11-27-21-10-9-16-6-3-4-8-19(16)20(21)13-17(14-23)22(25)24-15-18-7-5-12-26-18/h3-4,6,8-10,13,18H,2,5,7,11-12,15H2,1H3,(H,24,25)/b17-13+/t18-/m1/s1. The Bertz CT molecular complexity index is 877. The van der Waals surface area contributed by atoms with Gasteiger partial charge in [0.05, 0.1) is 12.7 Å². The monoisotopic (exact) mass is 364 g/mol. The number of nitriles is 1. The summed E-state index contributed by atoms with van der Waals surface area (Å²) >= 11 is 0. The maximum atomic E-state index is 12.5. The highest BCUT2D eigenvalue weighted by Gasteiger charge is 2.18. The number of carbonyl (C=O) groups is 1. The molecule has 1 aliphatic rings. The molecule has 1 heterocycles. The number of amides is 1. The minimum absolute atomic E-state index is 0.0369. The third-order valence-corrected chi connectivity index (χ3v) is 4.56. The number of benzene rings is 2. The van der Waals surface area contributed by atoms with Gasteiger partial charge in [-0.05, 0) is 42.2 Å². The molecule has 5 heteroatoms. The summed E-state index contributed by atoms with van der Waals surface area (Å²) in [6, 6.07) is 13.8. The lowest BCUT2D eigenvalue weighted by molar-refractivity contribution is -0.117. The quantitative estimate of drug-likeness (QED) is 0.599. The van der Waals surface area contributed by atoms with Gasteiger partial charge in [-0.1, -0.05) is 37.3 Å². The number of ether oxygens (including phenoxy) is 2. The topological polar surface area (TPSA) is 71.3 Å². The van der Waals surface area contributed by atoms with Crippen molar-refractivity contribution in [3.8, 4) is 11.8 Å². The lowest BCUT2D eigenvalue weighted by Crippen LogP contribution is -2.32. The molecule has 1 fully saturated rings. The van der Waals surface area contributed by atoms with Gasteiger partial charge in [0.1, 0.15) is 17.4 Å². The number of hydrogen-bond acceptors (Lipinski definition) is 4. The molecule has 1 N–H and O–H groups in total. The summed E-state index contributed by atoms with van der Waals surface area (Å²) in [5.74, 6) is 0.289. The van der Waals surface area contributed by atoms with E-state index in [1.807, 2.05) is 49.4 Å². The molecule has 2 aromatic rings. The van der Waals surface area contributed by atoms with Crippen LogP contribution in [0.25, 0.3) is 16.8 Å². The Balaban J connectivity index is 1.90. The van der Waals surface area contributed by atoms with E-state index in [1.165, 1.54) is 0 Å². The molecule has 1 aliphatic heterocycles. The maximum Gasteiger partial charge on any atom is 0.262 e. The van der Waals surface area contributed by atoms with Gasteiger partial charge >= 0.3 is 0 Å². The zero-order chi connectivity index (χ0) is 19.1. The van der Waals surface area contributed by atoms with Crippen molar-refractivity contribution in [3.63, 3.8) is 0 Å². The van der Waals surface area contributed by atoms with Crippen molar-refractivity contribution in [2.75, 3.05) is 19.8 Å². The largest absolute Gasteiger partial charge is 0.493 e. The van der Waals surface area contributed by atoms with Crippen molar-refractivity contribution in [2.24, 2.45) is 0 Å². The van der Waals surface area contributed by atoms with E-state index in [9.17, 15) is 10.1 Å². The van der Waals surface area contributed by atoms with E-state index in [0.29, 0.717) is 18.9 Å². The van der Waals surface area contributed by atoms with E-state index in [4.69, 9.17) is 9.47 Å². The van der Waals surface area contributed by atoms with Gasteiger partial charge < -0.3 is 14.8 Å². The van der Waals surface area contributed by atoms with Crippen LogP contribution in [0.1, 0.15) is 31.7 Å². The highest BCUT2D eigenvalue weighted by molar-refractivity contribution is 6.05. The Labute approximate surface area is 159 Å². The molecule has 0 radical (unpaired) electrons. The Kier molecular flexibility index (Phi) is 6.45. The molecule has 1 amide bonds. The average molecular weight is 364 g/mol. The number of nitrogens with one attached hydrogen (secondary N) is 1. The Morgan fingerprint density at radius 2 is 2.22 bits per heavy atom. The lowest BCUT2D eigenvalue weighted by atomic mass is 10.0. The van der Waals surface area contributed by atoms with E-state index in [-0.39, 0.29) is 17.6 Å². The predicted octanol–water partition coefficient (Wildman–Crippen LogP) is 3.83. The molecule has 27 heavy (non-hydrogen) atoms. The van der Waals surface area contributed by atoms with Crippen molar-refractivity contribution in [1.29, 1.82) is 5.26 Å². The lowest BCUT2D eigenvalue weighted by Gasteiger charge is -2.13. The number of rotatable bonds is 7. The van der Waals surface area contributed by atoms with E-state index in [1.54, 1.807) is 6.08 Å². The predicted molar refractivity (Wildman–Crippen MR) is 105 cm³/mol. The molecule has 0 spiro atoms. The first-order chi connectivity index (χ1) is 13.2. The summed E-state index contributed by atoms with van der Waals surface area (Å²) < 4.78 is 11.4. The van der Waals surface area contributed by atoms with Crippen LogP contribution in [0.5, 0.6) is 5.75 Å². The SMILES string of the molecule is CCCOc1ccc2ccccc2c1/C=C(\C#N)C(=O)NC[C@H]1CCCO1. The Morgan fingerprint density at radius 1 is 1.37 bits per heavy atom. The van der Waals surface area contributed by atoms with Crippen LogP contribution in [0.2, 0.25) is 0 Å². The summed E-state index contributed by atoms with van der Waals surface area (Å²) in [5.41, 5.74) is 0.816. The van der Waals surface area contributed by atoms with Gasteiger partial charge in [-0.2, -0.15) is 5.26 Å². The fourth-order valence-corrected chi connectivity index (χ4v) is 3.16. The molecule has 0 aliphatic carbocycles. The second kappa shape index (κ2) is 9.20. The third-order valence-electron chi connectivity index (χ3n) is 4.56. The average Bonchev–Trinajstić information content (AvgIpc) is 3.22. The fourth-order valence-electron chi connectivity index (χ4n) is 3.16. The molecule has 1 saturated heterocycles. The van der Waals surface area contributed by atoms with Gasteiger partial charge in [-0.15, -0.1) is 0 Å². The second-order valence-corrected chi connectivity index (χ2v) is 6.56. The van der Waals surface area contributed by atoms with Gasteiger partial charge in [0.15, 0.2) is 0 Å². The molecule has 0 unspecified atom stereocenters. The molecule has 1 atom stereocenters. The summed E-state index contributed by atoms with van der Waals surface area (Å²) in [6.45, 7) is 3.77. The summed E-state index contributed by atoms with van der Waals surface area (Å²) in [5, 5.41) is 14.3. The van der Waals surface area contributed by atoms with Crippen molar-refractivity contribution < 1.29 is 14.3 Å². The third kappa shape index (κ3) is 4.66. The minimum atomic E-state index is -0.387. The van der Waals surface area contributed by atoms with Crippen LogP contribution in [0.4, 0.5) is 0 Å². The molecular formula is C22H24N2O3.